The number of alkyl halides is 3. The molecule has 0 radical (unpaired) electrons. The fourth-order valence-electron chi connectivity index (χ4n) is 1.79. The Hall–Kier alpha value is -2.35. The van der Waals surface area contributed by atoms with E-state index in [2.05, 4.69) is 10.2 Å². The van der Waals surface area contributed by atoms with Crippen molar-refractivity contribution in [2.45, 2.75) is 11.9 Å². The maximum atomic E-state index is 13.0. The lowest BCUT2D eigenvalue weighted by Crippen LogP contribution is -2.09. The van der Waals surface area contributed by atoms with E-state index in [4.69, 9.17) is 5.73 Å². The molecule has 0 aliphatic carbocycles. The van der Waals surface area contributed by atoms with Crippen molar-refractivity contribution in [2.24, 2.45) is 15.9 Å². The summed E-state index contributed by atoms with van der Waals surface area (Å²) in [5.74, 6) is -0.406. The van der Waals surface area contributed by atoms with Crippen LogP contribution in [-0.4, -0.2) is 11.4 Å². The van der Waals surface area contributed by atoms with E-state index < -0.39 is 17.6 Å². The predicted molar refractivity (Wildman–Crippen MR) is 88.4 cm³/mol. The van der Waals surface area contributed by atoms with Crippen molar-refractivity contribution in [3.05, 3.63) is 71.0 Å². The van der Waals surface area contributed by atoms with Crippen LogP contribution in [-0.2, 0) is 11.9 Å². The van der Waals surface area contributed by atoms with Gasteiger partial charge in [-0.05, 0) is 23.8 Å². The molecule has 126 valence electrons. The molecular formula is C16H13F4N3S. The smallest absolute Gasteiger partial charge is 0.377 e. The lowest BCUT2D eigenvalue weighted by atomic mass is 10.1. The first-order valence-corrected chi connectivity index (χ1v) is 7.75. The van der Waals surface area contributed by atoms with Crippen LogP contribution in [0.1, 0.15) is 16.7 Å². The normalized spacial score (nSPS) is 12.8. The molecule has 0 bridgehead atoms. The van der Waals surface area contributed by atoms with E-state index in [9.17, 15) is 17.6 Å². The molecule has 0 aromatic heterocycles. The molecule has 0 saturated carbocycles. The highest BCUT2D eigenvalue weighted by molar-refractivity contribution is 8.13. The van der Waals surface area contributed by atoms with Crippen molar-refractivity contribution in [3.8, 4) is 0 Å². The molecule has 2 N–H and O–H groups in total. The zero-order valence-electron chi connectivity index (χ0n) is 12.3. The Bertz CT molecular complexity index is 743. The van der Waals surface area contributed by atoms with Crippen LogP contribution in [0.2, 0.25) is 0 Å². The lowest BCUT2D eigenvalue weighted by molar-refractivity contribution is -0.137. The first-order valence-electron chi connectivity index (χ1n) is 6.76. The summed E-state index contributed by atoms with van der Waals surface area (Å²) in [5, 5.41) is 7.31. The van der Waals surface area contributed by atoms with Crippen LogP contribution in [0.4, 0.5) is 17.6 Å². The van der Waals surface area contributed by atoms with Gasteiger partial charge in [-0.3, -0.25) is 0 Å². The Labute approximate surface area is 140 Å². The highest BCUT2D eigenvalue weighted by Gasteiger charge is 2.33. The van der Waals surface area contributed by atoms with E-state index in [0.717, 1.165) is 23.9 Å². The third kappa shape index (κ3) is 5.38. The van der Waals surface area contributed by atoms with Crippen molar-refractivity contribution in [2.75, 3.05) is 0 Å². The molecule has 0 atom stereocenters. The molecule has 0 fully saturated rings. The largest absolute Gasteiger partial charge is 0.417 e. The number of thioether (sulfide) groups is 1. The van der Waals surface area contributed by atoms with Crippen LogP contribution in [0.25, 0.3) is 0 Å². The number of nitrogens with zero attached hydrogens (tertiary/aromatic N) is 2. The van der Waals surface area contributed by atoms with Crippen molar-refractivity contribution in [1.82, 2.24) is 0 Å². The summed E-state index contributed by atoms with van der Waals surface area (Å²) < 4.78 is 51.5. The van der Waals surface area contributed by atoms with Gasteiger partial charge < -0.3 is 5.73 Å². The fourth-order valence-corrected chi connectivity index (χ4v) is 2.41. The van der Waals surface area contributed by atoms with E-state index in [1.54, 1.807) is 0 Å². The number of benzene rings is 2. The van der Waals surface area contributed by atoms with Crippen LogP contribution in [0.15, 0.2) is 58.7 Å². The van der Waals surface area contributed by atoms with Crippen LogP contribution < -0.4 is 5.73 Å². The van der Waals surface area contributed by atoms with Crippen molar-refractivity contribution in [3.63, 3.8) is 0 Å². The number of hydrogen-bond donors (Lipinski definition) is 1. The second-order valence-electron chi connectivity index (χ2n) is 4.69. The lowest BCUT2D eigenvalue weighted by Gasteiger charge is -2.09. The van der Waals surface area contributed by atoms with Crippen LogP contribution in [0.5, 0.6) is 0 Å². The summed E-state index contributed by atoms with van der Waals surface area (Å²) in [6, 6.07) is 11.8. The first kappa shape index (κ1) is 18.0. The molecule has 0 spiro atoms. The summed E-state index contributed by atoms with van der Waals surface area (Å²) in [6.07, 6.45) is -3.78. The number of nitrogens with two attached hydrogens (primary N) is 1. The molecule has 0 amide bonds. The molecule has 0 saturated heterocycles. The maximum Gasteiger partial charge on any atom is 0.417 e. The second-order valence-corrected chi connectivity index (χ2v) is 5.68. The summed E-state index contributed by atoms with van der Waals surface area (Å²) in [5.41, 5.74) is 5.28. The topological polar surface area (TPSA) is 50.7 Å². The molecule has 2 aromatic rings. The molecule has 0 heterocycles. The van der Waals surface area contributed by atoms with Gasteiger partial charge in [0, 0.05) is 11.3 Å². The van der Waals surface area contributed by atoms with Crippen molar-refractivity contribution < 1.29 is 17.6 Å². The van der Waals surface area contributed by atoms with E-state index in [1.807, 2.05) is 30.3 Å². The zero-order chi connectivity index (χ0) is 17.6. The third-order valence-electron chi connectivity index (χ3n) is 2.90. The van der Waals surface area contributed by atoms with Crippen molar-refractivity contribution >= 4 is 23.1 Å². The number of halogens is 4. The first-order chi connectivity index (χ1) is 11.4. The van der Waals surface area contributed by atoms with Gasteiger partial charge in [-0.25, -0.2) is 4.39 Å². The average Bonchev–Trinajstić information content (AvgIpc) is 2.54. The van der Waals surface area contributed by atoms with Gasteiger partial charge in [-0.15, -0.1) is 5.10 Å². The highest BCUT2D eigenvalue weighted by Crippen LogP contribution is 2.31. The number of hydrogen-bond acceptors (Lipinski definition) is 3. The minimum atomic E-state index is -4.68. The molecule has 2 rings (SSSR count). The standard InChI is InChI=1S/C16H13F4N3S/c17-13-7-6-12(14(8-13)16(18,19)20)9-22-23-15(21)24-10-11-4-2-1-3-5-11/h1-9H,10H2,(H2,21,23). The predicted octanol–water partition coefficient (Wildman–Crippen LogP) is 4.43. The minimum Gasteiger partial charge on any atom is -0.377 e. The second kappa shape index (κ2) is 7.96. The molecule has 0 aliphatic rings. The summed E-state index contributed by atoms with van der Waals surface area (Å²) in [6.45, 7) is 0. The maximum absolute atomic E-state index is 13.0. The third-order valence-corrected chi connectivity index (χ3v) is 3.76. The van der Waals surface area contributed by atoms with Crippen LogP contribution >= 0.6 is 11.8 Å². The molecule has 0 aliphatic heterocycles. The molecule has 8 heteroatoms. The minimum absolute atomic E-state index is 0.116. The van der Waals surface area contributed by atoms with Gasteiger partial charge in [-0.2, -0.15) is 18.3 Å². The monoisotopic (exact) mass is 355 g/mol. The van der Waals surface area contributed by atoms with Gasteiger partial charge in [0.1, 0.15) is 5.82 Å². The van der Waals surface area contributed by atoms with Crippen LogP contribution in [0, 0.1) is 5.82 Å². The van der Waals surface area contributed by atoms with Gasteiger partial charge in [-0.1, -0.05) is 42.1 Å². The van der Waals surface area contributed by atoms with Gasteiger partial charge in [0.15, 0.2) is 5.17 Å². The Kier molecular flexibility index (Phi) is 5.97. The van der Waals surface area contributed by atoms with Crippen LogP contribution in [0.3, 0.4) is 0 Å². The average molecular weight is 355 g/mol. The van der Waals surface area contributed by atoms with E-state index in [1.165, 1.54) is 11.8 Å². The summed E-state index contributed by atoms with van der Waals surface area (Å²) >= 11 is 1.21. The van der Waals surface area contributed by atoms with Crippen molar-refractivity contribution in [1.29, 1.82) is 0 Å². The van der Waals surface area contributed by atoms with Gasteiger partial charge in [0.05, 0.1) is 11.8 Å². The Balaban J connectivity index is 2.05. The quantitative estimate of drug-likeness (QED) is 0.382. The Morgan fingerprint density at radius 1 is 1.12 bits per heavy atom. The van der Waals surface area contributed by atoms with Gasteiger partial charge >= 0.3 is 6.18 Å². The van der Waals surface area contributed by atoms with Gasteiger partial charge in [0.2, 0.25) is 0 Å². The Morgan fingerprint density at radius 3 is 2.50 bits per heavy atom. The molecular weight excluding hydrogens is 342 g/mol. The molecule has 24 heavy (non-hydrogen) atoms. The van der Waals surface area contributed by atoms with Gasteiger partial charge in [0.25, 0.3) is 0 Å². The van der Waals surface area contributed by atoms with E-state index in [-0.39, 0.29) is 10.7 Å². The highest BCUT2D eigenvalue weighted by atomic mass is 32.2. The fraction of sp³-hybridized carbons (Fsp3) is 0.125. The number of amidine groups is 1. The SMILES string of the molecule is NC(=NN=Cc1ccc(F)cc1C(F)(F)F)SCc1ccccc1. The molecule has 3 nitrogen and oxygen atoms in total. The number of rotatable bonds is 4. The molecule has 0 unspecified atom stereocenters. The summed E-state index contributed by atoms with van der Waals surface area (Å²) in [7, 11) is 0. The van der Waals surface area contributed by atoms with E-state index in [0.29, 0.717) is 11.8 Å². The molecule has 2 aromatic carbocycles. The zero-order valence-corrected chi connectivity index (χ0v) is 13.1. The Morgan fingerprint density at radius 2 is 1.83 bits per heavy atom. The summed E-state index contributed by atoms with van der Waals surface area (Å²) in [4.78, 5) is 0. The van der Waals surface area contributed by atoms with E-state index >= 15 is 0 Å².